The van der Waals surface area contributed by atoms with Crippen molar-refractivity contribution >= 4 is 22.2 Å². The molecule has 0 aromatic carbocycles. The molecule has 9 heteroatoms. The predicted octanol–water partition coefficient (Wildman–Crippen LogP) is -1.15. The third kappa shape index (κ3) is 22.4. The molecule has 0 aliphatic rings. The lowest BCUT2D eigenvalue weighted by Gasteiger charge is -1.91. The molecular formula is C5H9NO7S. The van der Waals surface area contributed by atoms with Crippen LogP contribution in [-0.4, -0.2) is 35.1 Å². The lowest BCUT2D eigenvalue weighted by molar-refractivity contribution is -0.139. The summed E-state index contributed by atoms with van der Waals surface area (Å²) in [6.07, 6.45) is -0.505. The van der Waals surface area contributed by atoms with Crippen LogP contribution in [0.5, 0.6) is 0 Å². The Kier molecular flexibility index (Phi) is 6.52. The minimum atomic E-state index is -4.17. The van der Waals surface area contributed by atoms with Crippen molar-refractivity contribution in [3.8, 4) is 0 Å². The second-order valence-electron chi connectivity index (χ2n) is 1.99. The van der Waals surface area contributed by atoms with Gasteiger partial charge in [-0.3, -0.25) is 9.35 Å². The Morgan fingerprint density at radius 2 is 1.57 bits per heavy atom. The molecule has 14 heavy (non-hydrogen) atoms. The van der Waals surface area contributed by atoms with Crippen LogP contribution in [0, 0.1) is 0 Å². The van der Waals surface area contributed by atoms with E-state index >= 15 is 0 Å². The molecule has 0 aliphatic heterocycles. The van der Waals surface area contributed by atoms with Gasteiger partial charge in [0.2, 0.25) is 0 Å². The SMILES string of the molecule is C=C(CC(=O)O)C(=O)O.NS(=O)(=O)O. The van der Waals surface area contributed by atoms with Gasteiger partial charge in [-0.1, -0.05) is 6.58 Å². The van der Waals surface area contributed by atoms with Gasteiger partial charge in [0, 0.05) is 5.57 Å². The highest BCUT2D eigenvalue weighted by Gasteiger charge is 2.07. The van der Waals surface area contributed by atoms with Gasteiger partial charge in [-0.05, 0) is 0 Å². The molecule has 0 aromatic heterocycles. The number of carbonyl (C=O) groups is 2. The van der Waals surface area contributed by atoms with Gasteiger partial charge in [0.05, 0.1) is 6.42 Å². The van der Waals surface area contributed by atoms with Gasteiger partial charge in [-0.15, -0.1) is 0 Å². The quantitative estimate of drug-likeness (QED) is 0.350. The Bertz CT molecular complexity index is 322. The van der Waals surface area contributed by atoms with Crippen molar-refractivity contribution < 1.29 is 32.8 Å². The molecule has 0 bridgehead atoms. The molecule has 82 valence electrons. The van der Waals surface area contributed by atoms with Gasteiger partial charge in [0.25, 0.3) is 0 Å². The minimum absolute atomic E-state index is 0.303. The van der Waals surface area contributed by atoms with Crippen LogP contribution in [0.15, 0.2) is 12.2 Å². The standard InChI is InChI=1S/C5H6O4.H3NO3S/c1-3(5(8)9)2-4(6)7;1-5(2,3)4/h1-2H2,(H,6,7)(H,8,9);(H3,1,2,3,4). The Labute approximate surface area is 79.5 Å². The molecule has 0 aromatic rings. The van der Waals surface area contributed by atoms with Crippen molar-refractivity contribution in [3.63, 3.8) is 0 Å². The van der Waals surface area contributed by atoms with E-state index in [-0.39, 0.29) is 5.57 Å². The molecule has 0 atom stereocenters. The summed E-state index contributed by atoms with van der Waals surface area (Å²) in [5.74, 6) is -2.44. The Balaban J connectivity index is 0. The molecule has 0 aliphatic carbocycles. The third-order valence-electron chi connectivity index (χ3n) is 0.667. The molecule has 5 N–H and O–H groups in total. The fourth-order valence-corrected chi connectivity index (χ4v) is 0.258. The fraction of sp³-hybridized carbons (Fsp3) is 0.200. The fourth-order valence-electron chi connectivity index (χ4n) is 0.258. The molecule has 0 saturated heterocycles. The van der Waals surface area contributed by atoms with Crippen LogP contribution in [-0.2, 0) is 19.9 Å². The van der Waals surface area contributed by atoms with Crippen LogP contribution in [0.4, 0.5) is 0 Å². The van der Waals surface area contributed by atoms with Crippen molar-refractivity contribution in [2.75, 3.05) is 0 Å². The highest BCUT2D eigenvalue weighted by atomic mass is 32.2. The van der Waals surface area contributed by atoms with E-state index in [1.807, 2.05) is 0 Å². The number of hydrogen-bond donors (Lipinski definition) is 4. The summed E-state index contributed by atoms with van der Waals surface area (Å²) in [7, 11) is -4.17. The van der Waals surface area contributed by atoms with E-state index in [0.29, 0.717) is 0 Å². The number of nitrogens with two attached hydrogens (primary N) is 1. The van der Waals surface area contributed by atoms with Gasteiger partial charge in [-0.25, -0.2) is 9.93 Å². The molecule has 0 amide bonds. The topological polar surface area (TPSA) is 155 Å². The largest absolute Gasteiger partial charge is 0.481 e. The van der Waals surface area contributed by atoms with Crippen molar-refractivity contribution in [3.05, 3.63) is 12.2 Å². The first-order valence-corrected chi connectivity index (χ1v) is 4.42. The summed E-state index contributed by atoms with van der Waals surface area (Å²) in [5.41, 5.74) is -0.303. The van der Waals surface area contributed by atoms with Gasteiger partial charge < -0.3 is 10.2 Å². The van der Waals surface area contributed by atoms with Gasteiger partial charge in [0.1, 0.15) is 0 Å². The average Bonchev–Trinajstić information content (AvgIpc) is 1.80. The normalized spacial score (nSPS) is 9.57. The van der Waals surface area contributed by atoms with Crippen LogP contribution in [0.3, 0.4) is 0 Å². The van der Waals surface area contributed by atoms with E-state index in [1.165, 1.54) is 0 Å². The predicted molar refractivity (Wildman–Crippen MR) is 44.8 cm³/mol. The number of rotatable bonds is 3. The minimum Gasteiger partial charge on any atom is -0.481 e. The maximum absolute atomic E-state index is 9.87. The van der Waals surface area contributed by atoms with E-state index in [0.717, 1.165) is 0 Å². The lowest BCUT2D eigenvalue weighted by atomic mass is 10.2. The summed E-state index contributed by atoms with van der Waals surface area (Å²) >= 11 is 0. The van der Waals surface area contributed by atoms with Crippen molar-refractivity contribution in [2.45, 2.75) is 6.42 Å². The molecule has 0 spiro atoms. The monoisotopic (exact) mass is 227 g/mol. The molecule has 0 saturated carbocycles. The number of hydrogen-bond acceptors (Lipinski definition) is 4. The van der Waals surface area contributed by atoms with Gasteiger partial charge in [-0.2, -0.15) is 8.42 Å². The maximum Gasteiger partial charge on any atom is 0.331 e. The van der Waals surface area contributed by atoms with Crippen LogP contribution >= 0.6 is 0 Å². The van der Waals surface area contributed by atoms with Crippen LogP contribution in [0.25, 0.3) is 0 Å². The average molecular weight is 227 g/mol. The highest BCUT2D eigenvalue weighted by molar-refractivity contribution is 7.83. The molecule has 0 heterocycles. The molecule has 0 unspecified atom stereocenters. The first kappa shape index (κ1) is 15.0. The summed E-state index contributed by atoms with van der Waals surface area (Å²) in [4.78, 5) is 19.7. The van der Waals surface area contributed by atoms with Crippen molar-refractivity contribution in [1.82, 2.24) is 0 Å². The first-order valence-electron chi connectivity index (χ1n) is 2.92. The molecular weight excluding hydrogens is 218 g/mol. The highest BCUT2D eigenvalue weighted by Crippen LogP contribution is 1.95. The molecule has 8 nitrogen and oxygen atoms in total. The summed E-state index contributed by atoms with van der Waals surface area (Å²) < 4.78 is 25.2. The molecule has 0 radical (unpaired) electrons. The second kappa shape index (κ2) is 6.07. The summed E-state index contributed by atoms with van der Waals surface area (Å²) in [5, 5.41) is 20.0. The summed E-state index contributed by atoms with van der Waals surface area (Å²) in [6, 6.07) is 0. The Hall–Kier alpha value is -1.45. The Morgan fingerprint density at radius 3 is 1.64 bits per heavy atom. The van der Waals surface area contributed by atoms with Crippen molar-refractivity contribution in [2.24, 2.45) is 5.14 Å². The smallest absolute Gasteiger partial charge is 0.331 e. The molecule has 0 fully saturated rings. The van der Waals surface area contributed by atoms with E-state index in [9.17, 15) is 9.59 Å². The van der Waals surface area contributed by atoms with E-state index < -0.39 is 28.7 Å². The number of carboxylic acids is 2. The third-order valence-corrected chi connectivity index (χ3v) is 0.667. The summed E-state index contributed by atoms with van der Waals surface area (Å²) in [6.45, 7) is 3.01. The van der Waals surface area contributed by atoms with Crippen LogP contribution < -0.4 is 5.14 Å². The van der Waals surface area contributed by atoms with Gasteiger partial charge in [0.15, 0.2) is 0 Å². The zero-order chi connectivity index (χ0) is 11.9. The zero-order valence-electron chi connectivity index (χ0n) is 6.87. The van der Waals surface area contributed by atoms with E-state index in [1.54, 1.807) is 0 Å². The first-order chi connectivity index (χ1) is 6.04. The lowest BCUT2D eigenvalue weighted by Crippen LogP contribution is -2.08. The maximum atomic E-state index is 9.87. The van der Waals surface area contributed by atoms with Crippen molar-refractivity contribution in [1.29, 1.82) is 0 Å². The van der Waals surface area contributed by atoms with Crippen LogP contribution in [0.2, 0.25) is 0 Å². The van der Waals surface area contributed by atoms with E-state index in [2.05, 4.69) is 11.7 Å². The number of aliphatic carboxylic acids is 2. The van der Waals surface area contributed by atoms with Gasteiger partial charge >= 0.3 is 22.2 Å². The number of carboxylic acid groups (broad SMARTS) is 2. The second-order valence-corrected chi connectivity index (χ2v) is 3.02. The van der Waals surface area contributed by atoms with Crippen LogP contribution in [0.1, 0.15) is 6.42 Å². The zero-order valence-corrected chi connectivity index (χ0v) is 7.69. The molecule has 0 rings (SSSR count). The van der Waals surface area contributed by atoms with E-state index in [4.69, 9.17) is 23.2 Å². The Morgan fingerprint density at radius 1 is 1.29 bits per heavy atom.